The number of allylic oxidation sites excluding steroid dienone is 1. The number of hydrogen-bond acceptors (Lipinski definition) is 24. The zero-order valence-electron chi connectivity index (χ0n) is 67.0. The maximum atomic E-state index is 13.9. The van der Waals surface area contributed by atoms with Crippen LogP contribution in [0.15, 0.2) is 252 Å². The number of nitrogen functional groups attached to an aromatic ring is 3. The van der Waals surface area contributed by atoms with E-state index in [-0.39, 0.29) is 64.8 Å². The number of anilines is 5. The van der Waals surface area contributed by atoms with Crippen molar-refractivity contribution in [3.05, 3.63) is 274 Å². The first kappa shape index (κ1) is 80.3. The lowest BCUT2D eigenvalue weighted by atomic mass is 10.2. The Morgan fingerprint density at radius 3 is 1.49 bits per heavy atom. The van der Waals surface area contributed by atoms with Gasteiger partial charge in [0.25, 0.3) is 5.91 Å². The summed E-state index contributed by atoms with van der Waals surface area (Å²) in [5.74, 6) is 3.60. The summed E-state index contributed by atoms with van der Waals surface area (Å²) in [7, 11) is 7.53. The molecule has 0 bridgehead atoms. The molecule has 18 rings (SSSR count). The molecule has 0 radical (unpaired) electrons. The van der Waals surface area contributed by atoms with Crippen LogP contribution >= 0.6 is 0 Å². The molecule has 34 heteroatoms. The molecule has 4 fully saturated rings. The number of likely N-dealkylation sites (tertiary alicyclic amines) is 1. The second-order valence-corrected chi connectivity index (χ2v) is 29.8. The minimum atomic E-state index is -0.435. The second-order valence-electron chi connectivity index (χ2n) is 29.8. The average molecular weight is 1640 g/mol. The monoisotopic (exact) mass is 1640 g/mol. The van der Waals surface area contributed by atoms with Gasteiger partial charge in [-0.25, -0.2) is 63.0 Å². The Labute approximate surface area is 697 Å². The summed E-state index contributed by atoms with van der Waals surface area (Å²) in [4.78, 5) is 120. The van der Waals surface area contributed by atoms with Gasteiger partial charge in [0, 0.05) is 75.9 Å². The molecule has 1 atom stereocenters. The van der Waals surface area contributed by atoms with Gasteiger partial charge in [-0.3, -0.25) is 37.9 Å². The third kappa shape index (κ3) is 17.6. The Morgan fingerprint density at radius 2 is 0.992 bits per heavy atom. The molecular formula is C88H85N25O9. The number of fused-ring (bicyclic) bond motifs is 3. The number of likely N-dealkylation sites (N-methyl/N-ethyl adjacent to an activating group) is 4. The number of ether oxygens (including phenoxy) is 3. The molecule has 1 aliphatic heterocycles. The van der Waals surface area contributed by atoms with Crippen LogP contribution in [0.5, 0.6) is 28.7 Å². The number of imidazole rings is 3. The number of nitriles is 1. The van der Waals surface area contributed by atoms with Crippen LogP contribution in [0.2, 0.25) is 0 Å². The van der Waals surface area contributed by atoms with Gasteiger partial charge in [0.2, 0.25) is 11.8 Å². The first-order chi connectivity index (χ1) is 59.3. The first-order valence-electron chi connectivity index (χ1n) is 39.6. The number of carbonyl (C=O) groups is 3. The summed E-state index contributed by atoms with van der Waals surface area (Å²) in [5.41, 5.74) is 24.0. The van der Waals surface area contributed by atoms with Gasteiger partial charge in [0.1, 0.15) is 94.0 Å². The molecule has 6 aromatic carbocycles. The van der Waals surface area contributed by atoms with E-state index < -0.39 is 5.69 Å². The second kappa shape index (κ2) is 35.4. The molecule has 7 N–H and O–H groups in total. The number of rotatable bonds is 25. The van der Waals surface area contributed by atoms with E-state index in [1.54, 1.807) is 150 Å². The number of pyridine rings is 1. The highest BCUT2D eigenvalue weighted by Gasteiger charge is 2.35. The van der Waals surface area contributed by atoms with Crippen molar-refractivity contribution in [1.82, 2.24) is 92.4 Å². The van der Waals surface area contributed by atoms with E-state index in [4.69, 9.17) is 31.4 Å². The fraction of sp³-hybridized carbons (Fsp3) is 0.227. The molecule has 616 valence electrons. The van der Waals surface area contributed by atoms with Gasteiger partial charge in [-0.05, 0) is 186 Å². The van der Waals surface area contributed by atoms with Crippen molar-refractivity contribution in [2.75, 3.05) is 81.4 Å². The quantitative estimate of drug-likeness (QED) is 0.0305. The molecule has 3 saturated carbocycles. The lowest BCUT2D eigenvalue weighted by Gasteiger charge is -2.17. The normalized spacial score (nSPS) is 14.6. The van der Waals surface area contributed by atoms with Gasteiger partial charge < -0.3 is 46.1 Å². The molecule has 14 aromatic rings. The number of nitrogens with two attached hydrogens (primary N) is 3. The van der Waals surface area contributed by atoms with Gasteiger partial charge >= 0.3 is 17.1 Å². The molecule has 8 aromatic heterocycles. The molecular weight excluding hydrogens is 1550 g/mol. The van der Waals surface area contributed by atoms with Crippen LogP contribution in [0.1, 0.15) is 56.7 Å². The van der Waals surface area contributed by atoms with E-state index in [2.05, 4.69) is 74.2 Å². The van der Waals surface area contributed by atoms with Gasteiger partial charge in [-0.2, -0.15) is 20.7 Å². The molecule has 3 aliphatic carbocycles. The number of carbonyl (C=O) groups excluding carboxylic acids is 3. The number of para-hydroxylation sites is 2. The van der Waals surface area contributed by atoms with Crippen LogP contribution in [-0.2, 0) is 21.0 Å². The summed E-state index contributed by atoms with van der Waals surface area (Å²) in [6, 6.07) is 53.6. The molecule has 0 unspecified atom stereocenters. The molecule has 0 spiro atoms. The number of hydrogen-bond donors (Lipinski definition) is 4. The van der Waals surface area contributed by atoms with Crippen molar-refractivity contribution in [1.29, 1.82) is 5.26 Å². The molecule has 4 aliphatic rings. The maximum Gasteiger partial charge on any atom is 0.340 e. The van der Waals surface area contributed by atoms with E-state index in [1.165, 1.54) is 78.6 Å². The van der Waals surface area contributed by atoms with Gasteiger partial charge in [0.15, 0.2) is 34.4 Å². The van der Waals surface area contributed by atoms with Crippen molar-refractivity contribution in [2.45, 2.75) is 69.7 Å². The van der Waals surface area contributed by atoms with Crippen LogP contribution in [0.4, 0.5) is 28.8 Å². The van der Waals surface area contributed by atoms with Crippen LogP contribution in [0.3, 0.4) is 0 Å². The van der Waals surface area contributed by atoms with Gasteiger partial charge in [0.05, 0.1) is 41.2 Å². The van der Waals surface area contributed by atoms with E-state index in [1.807, 2.05) is 91.0 Å². The number of aromatic nitrogens is 16. The molecule has 122 heavy (non-hydrogen) atoms. The highest BCUT2D eigenvalue weighted by Crippen LogP contribution is 2.36. The third-order valence-electron chi connectivity index (χ3n) is 21.4. The van der Waals surface area contributed by atoms with E-state index in [0.29, 0.717) is 152 Å². The molecule has 3 amide bonds. The maximum absolute atomic E-state index is 13.9. The van der Waals surface area contributed by atoms with Crippen LogP contribution < -0.4 is 58.3 Å². The minimum Gasteiger partial charge on any atom is -0.487 e. The van der Waals surface area contributed by atoms with Crippen molar-refractivity contribution in [3.8, 4) is 63.4 Å². The lowest BCUT2D eigenvalue weighted by molar-refractivity contribution is -0.125. The summed E-state index contributed by atoms with van der Waals surface area (Å²) >= 11 is 0. The number of nitrogens with zero attached hydrogens (tertiary/aromatic N) is 21. The predicted octanol–water partition coefficient (Wildman–Crippen LogP) is 10.0. The summed E-state index contributed by atoms with van der Waals surface area (Å²) < 4.78 is 26.3. The largest absolute Gasteiger partial charge is 0.487 e. The summed E-state index contributed by atoms with van der Waals surface area (Å²) in [5, 5.41) is 19.8. The topological polar surface area (TPSA) is 410 Å². The van der Waals surface area contributed by atoms with Crippen molar-refractivity contribution in [2.24, 2.45) is 5.92 Å². The van der Waals surface area contributed by atoms with E-state index >= 15 is 0 Å². The fourth-order valence-electron chi connectivity index (χ4n) is 14.4. The van der Waals surface area contributed by atoms with Crippen LogP contribution in [0.25, 0.3) is 62.1 Å². The molecule has 9 heterocycles. The smallest absolute Gasteiger partial charge is 0.340 e. The van der Waals surface area contributed by atoms with Gasteiger partial charge in [-0.1, -0.05) is 66.8 Å². The summed E-state index contributed by atoms with van der Waals surface area (Å²) in [6.45, 7) is 2.42. The number of H-pyrrole nitrogens is 1. The Bertz CT molecular complexity index is 6520. The molecule has 34 nitrogen and oxygen atoms in total. The van der Waals surface area contributed by atoms with Crippen molar-refractivity contribution < 1.29 is 28.6 Å². The Balaban J connectivity index is 0.000000136. The predicted molar refractivity (Wildman–Crippen MR) is 460 cm³/mol. The van der Waals surface area contributed by atoms with E-state index in [0.717, 1.165) is 19.4 Å². The highest BCUT2D eigenvalue weighted by atomic mass is 16.5. The SMILES string of the molecule is CN(C(=O)/C=C/CN(C)C1CC1)c1cccc(-n2c(=O)n(-c3ccc(OCc4cn[nH]n4)cc3)c3c(N)ncnc32)c1.CN(C(=O)/C=C/CN(C)C1CC1)c1cccc(-n2c(=O)n(-c3ccc(Oc4ccccc4)cn3)c3c(N)ncnc32)c1.N#C/C(=C\C1CC1)C(=O)N1CC[C@@H](n2c(=O)n(-c3ccc(Oc4ccccc4)cc3)c3c(N)ncnc32)C1. The number of aromatic amines is 1. The fourth-order valence-corrected chi connectivity index (χ4v) is 14.4. The number of amides is 3. The minimum absolute atomic E-state index is 0.131. The standard InChI is InChI=1S/C31H30N8O3.C29H30N10O3.C28H25N7O3/c1-36(21-13-14-21)17-7-12-27(40)37(2)22-8-6-9-23(18-22)38-30-28(29(32)34-20-35-30)39(31(38)41)26-16-15-25(19-33-26)42-24-10-4-3-5-11-24;1-36(20-8-9-20)14-4-7-25(40)37(2)22-5-3-6-23(15-22)39-28-26(27(30)31-18-32-28)38(29(39)41)21-10-12-24(13-11-21)42-17-19-16-33-35-34-19;29-15-19(14-18-6-7-18)27(36)33-13-12-21(16-33)35-26-24(25(30)31-17-32-26)34(28(35)37)20-8-10-23(11-9-20)38-22-4-2-1-3-5-22/h3-12,15-16,18-21H,13-14,17H2,1-2H3,(H2,32,34,35);3-7,10-13,15-16,18,20H,8-9,14,17H2,1-2H3,(H2,30,31,32)(H,33,34,35);1-5,8-11,14,17-18,21H,6-7,12-13,16H2,(H2,30,31,32)/b12-7+;7-4+;19-14+/t;;21-/m..1/s1. The summed E-state index contributed by atoms with van der Waals surface area (Å²) in [6.07, 6.45) is 23.2. The number of nitrogens with one attached hydrogen (secondary N) is 1. The van der Waals surface area contributed by atoms with Crippen molar-refractivity contribution in [3.63, 3.8) is 0 Å². The first-order valence-corrected chi connectivity index (χ1v) is 39.6. The Morgan fingerprint density at radius 1 is 0.508 bits per heavy atom. The van der Waals surface area contributed by atoms with E-state index in [9.17, 15) is 34.0 Å². The Kier molecular flexibility index (Phi) is 23.3. The molecule has 1 saturated heterocycles. The van der Waals surface area contributed by atoms with Gasteiger partial charge in [-0.15, -0.1) is 0 Å². The zero-order chi connectivity index (χ0) is 84.7. The van der Waals surface area contributed by atoms with Crippen LogP contribution in [-0.4, -0.2) is 177 Å². The zero-order valence-corrected chi connectivity index (χ0v) is 67.0. The van der Waals surface area contributed by atoms with Crippen molar-refractivity contribution >= 4 is 80.0 Å². The third-order valence-corrected chi connectivity index (χ3v) is 21.4. The Hall–Kier alpha value is -15.5. The number of benzene rings is 6. The highest BCUT2D eigenvalue weighted by molar-refractivity contribution is 6.02. The average Bonchev–Trinajstić information content (AvgIpc) is 1.60. The van der Waals surface area contributed by atoms with Crippen LogP contribution in [0, 0.1) is 17.2 Å². The lowest BCUT2D eigenvalue weighted by Crippen LogP contribution is -2.32.